The number of rotatable bonds is 17. The fourth-order valence-electron chi connectivity index (χ4n) is 4.68. The Kier molecular flexibility index (Phi) is 14.7. The predicted molar refractivity (Wildman–Crippen MR) is 177 cm³/mol. The SMILES string of the molecule is NCCCC[C@H](NC(=O)[C@H](Cc1cc(Br)c(O)c(Br)c1)NC(=O)CCCc1ccccc1)C(=O)NCCc1ccccc1. The first-order valence-corrected chi connectivity index (χ1v) is 16.2. The van der Waals surface area contributed by atoms with Crippen LogP contribution in [0, 0.1) is 0 Å². The van der Waals surface area contributed by atoms with Crippen LogP contribution in [-0.2, 0) is 33.6 Å². The number of unbranched alkanes of at least 4 members (excludes halogenated alkanes) is 1. The van der Waals surface area contributed by atoms with E-state index in [-0.39, 0.29) is 30.4 Å². The molecule has 230 valence electrons. The molecule has 2 atom stereocenters. The molecule has 3 aromatic rings. The van der Waals surface area contributed by atoms with E-state index in [1.807, 2.05) is 60.7 Å². The van der Waals surface area contributed by atoms with Crippen LogP contribution in [0.5, 0.6) is 5.75 Å². The van der Waals surface area contributed by atoms with Gasteiger partial charge in [-0.25, -0.2) is 0 Å². The molecule has 0 saturated carbocycles. The lowest BCUT2D eigenvalue weighted by Gasteiger charge is -2.24. The summed E-state index contributed by atoms with van der Waals surface area (Å²) in [7, 11) is 0. The Balaban J connectivity index is 1.69. The van der Waals surface area contributed by atoms with Crippen LogP contribution in [0.15, 0.2) is 81.7 Å². The van der Waals surface area contributed by atoms with E-state index >= 15 is 0 Å². The molecular formula is C33H40Br2N4O4. The van der Waals surface area contributed by atoms with E-state index in [0.717, 1.165) is 24.0 Å². The Morgan fingerprint density at radius 3 is 1.95 bits per heavy atom. The molecule has 0 aromatic heterocycles. The lowest BCUT2D eigenvalue weighted by Crippen LogP contribution is -2.54. The number of hydrogen-bond acceptors (Lipinski definition) is 5. The first-order chi connectivity index (χ1) is 20.8. The molecule has 10 heteroatoms. The van der Waals surface area contributed by atoms with Gasteiger partial charge in [0.15, 0.2) is 0 Å². The smallest absolute Gasteiger partial charge is 0.243 e. The number of aromatic hydroxyl groups is 1. The minimum atomic E-state index is -0.929. The number of carbonyl (C=O) groups excluding carboxylic acids is 3. The van der Waals surface area contributed by atoms with Crippen LogP contribution >= 0.6 is 31.9 Å². The highest BCUT2D eigenvalue weighted by atomic mass is 79.9. The van der Waals surface area contributed by atoms with E-state index in [9.17, 15) is 19.5 Å². The molecule has 0 spiro atoms. The van der Waals surface area contributed by atoms with Crippen molar-refractivity contribution in [2.24, 2.45) is 5.73 Å². The molecule has 0 aliphatic carbocycles. The number of nitrogens with two attached hydrogens (primary N) is 1. The summed E-state index contributed by atoms with van der Waals surface area (Å²) in [6.45, 7) is 0.922. The van der Waals surface area contributed by atoms with Crippen molar-refractivity contribution in [3.8, 4) is 5.75 Å². The van der Waals surface area contributed by atoms with Crippen LogP contribution in [-0.4, -0.2) is 48.0 Å². The normalized spacial score (nSPS) is 12.3. The molecule has 0 bridgehead atoms. The summed E-state index contributed by atoms with van der Waals surface area (Å²) in [4.78, 5) is 39.8. The van der Waals surface area contributed by atoms with Gasteiger partial charge in [0.2, 0.25) is 17.7 Å². The van der Waals surface area contributed by atoms with Crippen molar-refractivity contribution >= 4 is 49.6 Å². The molecule has 0 radical (unpaired) electrons. The second-order valence-electron chi connectivity index (χ2n) is 10.4. The van der Waals surface area contributed by atoms with E-state index < -0.39 is 18.0 Å². The number of phenols is 1. The van der Waals surface area contributed by atoms with E-state index in [1.54, 1.807) is 12.1 Å². The fraction of sp³-hybridized carbons (Fsp3) is 0.364. The molecule has 0 saturated heterocycles. The largest absolute Gasteiger partial charge is 0.506 e. The number of halogens is 2. The maximum atomic E-state index is 13.7. The summed E-state index contributed by atoms with van der Waals surface area (Å²) in [5.41, 5.74) is 8.64. The zero-order valence-corrected chi connectivity index (χ0v) is 27.3. The maximum absolute atomic E-state index is 13.7. The molecule has 0 aliphatic rings. The van der Waals surface area contributed by atoms with Crippen molar-refractivity contribution in [1.29, 1.82) is 0 Å². The average molecular weight is 717 g/mol. The molecule has 0 aliphatic heterocycles. The van der Waals surface area contributed by atoms with E-state index in [1.165, 1.54) is 0 Å². The molecule has 0 unspecified atom stereocenters. The third-order valence-corrected chi connectivity index (χ3v) is 8.22. The standard InChI is InChI=1S/C33H40Br2N4O4/c34-26-20-25(21-27(35)31(26)41)22-29(38-30(40)16-9-14-23-10-3-1-4-11-23)33(43)39-28(15-7-8-18-36)32(42)37-19-17-24-12-5-2-6-13-24/h1-6,10-13,20-21,28-29,41H,7-9,14-19,22,36H2,(H,37,42)(H,38,40)(H,39,43)/t28-,29-/m0/s1. The van der Waals surface area contributed by atoms with Gasteiger partial charge in [-0.3, -0.25) is 14.4 Å². The van der Waals surface area contributed by atoms with Crippen molar-refractivity contribution in [3.63, 3.8) is 0 Å². The van der Waals surface area contributed by atoms with Crippen molar-refractivity contribution in [3.05, 3.63) is 98.4 Å². The van der Waals surface area contributed by atoms with Gasteiger partial charge in [0.1, 0.15) is 17.8 Å². The van der Waals surface area contributed by atoms with E-state index in [2.05, 4.69) is 47.8 Å². The summed E-state index contributed by atoms with van der Waals surface area (Å²) < 4.78 is 0.922. The second-order valence-corrected chi connectivity index (χ2v) is 12.2. The quantitative estimate of drug-likeness (QED) is 0.126. The van der Waals surface area contributed by atoms with Crippen LogP contribution < -0.4 is 21.7 Å². The van der Waals surface area contributed by atoms with E-state index in [4.69, 9.17) is 5.73 Å². The van der Waals surface area contributed by atoms with Crippen LogP contribution in [0.1, 0.15) is 48.8 Å². The number of aryl methyl sites for hydroxylation is 1. The highest BCUT2D eigenvalue weighted by molar-refractivity contribution is 9.11. The Bertz CT molecular complexity index is 1300. The lowest BCUT2D eigenvalue weighted by atomic mass is 10.0. The predicted octanol–water partition coefficient (Wildman–Crippen LogP) is 4.94. The Morgan fingerprint density at radius 2 is 1.35 bits per heavy atom. The molecular weight excluding hydrogens is 676 g/mol. The highest BCUT2D eigenvalue weighted by Gasteiger charge is 2.27. The lowest BCUT2D eigenvalue weighted by molar-refractivity contribution is -0.132. The van der Waals surface area contributed by atoms with Gasteiger partial charge in [-0.1, -0.05) is 60.7 Å². The molecule has 3 aromatic carbocycles. The summed E-state index contributed by atoms with van der Waals surface area (Å²) in [6, 6.07) is 21.5. The molecule has 3 rings (SSSR count). The first kappa shape index (κ1) is 34.3. The molecule has 0 heterocycles. The third kappa shape index (κ3) is 12.1. The average Bonchev–Trinajstić information content (AvgIpc) is 3.00. The molecule has 3 amide bonds. The number of hydrogen-bond donors (Lipinski definition) is 5. The summed E-state index contributed by atoms with van der Waals surface area (Å²) in [6.07, 6.45) is 4.28. The van der Waals surface area contributed by atoms with Crippen LogP contribution in [0.3, 0.4) is 0 Å². The van der Waals surface area contributed by atoms with Gasteiger partial charge in [-0.2, -0.15) is 0 Å². The molecule has 0 fully saturated rings. The minimum Gasteiger partial charge on any atom is -0.506 e. The second kappa shape index (κ2) is 18.5. The van der Waals surface area contributed by atoms with E-state index in [0.29, 0.717) is 53.3 Å². The van der Waals surface area contributed by atoms with Gasteiger partial charge in [0, 0.05) is 19.4 Å². The number of benzene rings is 3. The third-order valence-electron chi connectivity index (χ3n) is 7.02. The zero-order chi connectivity index (χ0) is 31.0. The Hall–Kier alpha value is -3.21. The van der Waals surface area contributed by atoms with Crippen molar-refractivity contribution in [2.75, 3.05) is 13.1 Å². The monoisotopic (exact) mass is 714 g/mol. The van der Waals surface area contributed by atoms with Gasteiger partial charge < -0.3 is 26.8 Å². The topological polar surface area (TPSA) is 134 Å². The van der Waals surface area contributed by atoms with Gasteiger partial charge >= 0.3 is 0 Å². The summed E-state index contributed by atoms with van der Waals surface area (Å²) in [5.74, 6) is -0.932. The number of amides is 3. The maximum Gasteiger partial charge on any atom is 0.243 e. The molecule has 8 nitrogen and oxygen atoms in total. The molecule has 43 heavy (non-hydrogen) atoms. The number of phenolic OH excluding ortho intramolecular Hbond substituents is 1. The van der Waals surface area contributed by atoms with Crippen LogP contribution in [0.4, 0.5) is 0 Å². The van der Waals surface area contributed by atoms with Crippen molar-refractivity contribution in [2.45, 2.75) is 63.5 Å². The van der Waals surface area contributed by atoms with Gasteiger partial charge in [0.05, 0.1) is 8.95 Å². The van der Waals surface area contributed by atoms with Crippen molar-refractivity contribution < 1.29 is 19.5 Å². The minimum absolute atomic E-state index is 0.0434. The Labute approximate surface area is 270 Å². The van der Waals surface area contributed by atoms with Crippen LogP contribution in [0.25, 0.3) is 0 Å². The summed E-state index contributed by atoms with van der Waals surface area (Å²) >= 11 is 6.67. The molecule has 6 N–H and O–H groups in total. The van der Waals surface area contributed by atoms with Gasteiger partial charge in [-0.05, 0) is 106 Å². The fourth-order valence-corrected chi connectivity index (χ4v) is 5.96. The number of carbonyl (C=O) groups is 3. The Morgan fingerprint density at radius 1 is 0.744 bits per heavy atom. The number of nitrogens with one attached hydrogen (secondary N) is 3. The summed E-state index contributed by atoms with van der Waals surface area (Å²) in [5, 5.41) is 18.9. The first-order valence-electron chi connectivity index (χ1n) is 14.6. The highest BCUT2D eigenvalue weighted by Crippen LogP contribution is 2.33. The zero-order valence-electron chi connectivity index (χ0n) is 24.2. The van der Waals surface area contributed by atoms with Crippen LogP contribution in [0.2, 0.25) is 0 Å². The van der Waals surface area contributed by atoms with Gasteiger partial charge in [-0.15, -0.1) is 0 Å². The van der Waals surface area contributed by atoms with Gasteiger partial charge in [0.25, 0.3) is 0 Å². The van der Waals surface area contributed by atoms with Crippen molar-refractivity contribution in [1.82, 2.24) is 16.0 Å².